The molecule has 3 nitrogen and oxygen atoms in total. The van der Waals surface area contributed by atoms with Crippen LogP contribution in [0.3, 0.4) is 0 Å². The van der Waals surface area contributed by atoms with Gasteiger partial charge in [-0.25, -0.2) is 13.2 Å². The molecule has 0 saturated carbocycles. The van der Waals surface area contributed by atoms with Crippen molar-refractivity contribution in [3.05, 3.63) is 65.0 Å². The molecule has 1 saturated heterocycles. The maximum atomic E-state index is 13.8. The molecule has 0 bridgehead atoms. The predicted molar refractivity (Wildman–Crippen MR) is 104 cm³/mol. The summed E-state index contributed by atoms with van der Waals surface area (Å²) in [5, 5.41) is 0. The van der Waals surface area contributed by atoms with Crippen molar-refractivity contribution in [3.63, 3.8) is 0 Å². The SMILES string of the molecule is COc1cccc(C2CCCN(CCC(N)Cc3cc(F)c(F)cc3F)C2)c1. The smallest absolute Gasteiger partial charge is 0.161 e. The van der Waals surface area contributed by atoms with Crippen LogP contribution in [0.4, 0.5) is 13.2 Å². The lowest BCUT2D eigenvalue weighted by Gasteiger charge is -2.33. The monoisotopic (exact) mass is 392 g/mol. The number of ether oxygens (including phenoxy) is 1. The van der Waals surface area contributed by atoms with Crippen molar-refractivity contribution in [1.29, 1.82) is 0 Å². The molecule has 2 atom stereocenters. The first-order valence-electron chi connectivity index (χ1n) is 9.71. The Morgan fingerprint density at radius 3 is 2.71 bits per heavy atom. The second-order valence-electron chi connectivity index (χ2n) is 7.53. The van der Waals surface area contributed by atoms with Gasteiger partial charge in [-0.15, -0.1) is 0 Å². The van der Waals surface area contributed by atoms with Gasteiger partial charge in [0, 0.05) is 18.7 Å². The number of methoxy groups -OCH3 is 1. The molecule has 28 heavy (non-hydrogen) atoms. The van der Waals surface area contributed by atoms with E-state index in [0.29, 0.717) is 18.4 Å². The molecule has 0 aromatic heterocycles. The molecule has 1 fully saturated rings. The third kappa shape index (κ3) is 5.26. The van der Waals surface area contributed by atoms with E-state index in [1.807, 2.05) is 12.1 Å². The Labute approximate surface area is 164 Å². The zero-order chi connectivity index (χ0) is 20.1. The maximum Gasteiger partial charge on any atom is 0.161 e. The van der Waals surface area contributed by atoms with E-state index < -0.39 is 17.5 Å². The molecule has 1 aliphatic rings. The highest BCUT2D eigenvalue weighted by atomic mass is 19.2. The standard InChI is InChI=1S/C22H27F3N2O/c1-28-19-6-2-4-15(11-19)16-5-3-8-27(14-16)9-7-18(26)10-17-12-21(24)22(25)13-20(17)23/h2,4,6,11-13,16,18H,3,5,7-10,14,26H2,1H3. The van der Waals surface area contributed by atoms with Crippen molar-refractivity contribution in [2.45, 2.75) is 37.6 Å². The number of likely N-dealkylation sites (tertiary alicyclic amines) is 1. The fourth-order valence-corrected chi connectivity index (χ4v) is 3.88. The average Bonchev–Trinajstić information content (AvgIpc) is 2.71. The average molecular weight is 392 g/mol. The fourth-order valence-electron chi connectivity index (χ4n) is 3.88. The van der Waals surface area contributed by atoms with Crippen LogP contribution in [0.15, 0.2) is 36.4 Å². The van der Waals surface area contributed by atoms with Crippen LogP contribution in [-0.2, 0) is 6.42 Å². The Balaban J connectivity index is 1.53. The molecular formula is C22H27F3N2O. The van der Waals surface area contributed by atoms with Crippen molar-refractivity contribution >= 4 is 0 Å². The van der Waals surface area contributed by atoms with Crippen LogP contribution in [0.5, 0.6) is 5.75 Å². The van der Waals surface area contributed by atoms with Crippen LogP contribution < -0.4 is 10.5 Å². The molecule has 0 radical (unpaired) electrons. The van der Waals surface area contributed by atoms with Crippen molar-refractivity contribution in [1.82, 2.24) is 4.90 Å². The zero-order valence-electron chi connectivity index (χ0n) is 16.1. The lowest BCUT2D eigenvalue weighted by molar-refractivity contribution is 0.201. The van der Waals surface area contributed by atoms with Gasteiger partial charge in [-0.05, 0) is 74.0 Å². The van der Waals surface area contributed by atoms with Gasteiger partial charge in [0.05, 0.1) is 7.11 Å². The van der Waals surface area contributed by atoms with Gasteiger partial charge in [0.25, 0.3) is 0 Å². The third-order valence-corrected chi connectivity index (χ3v) is 5.46. The molecule has 0 spiro atoms. The summed E-state index contributed by atoms with van der Waals surface area (Å²) in [6, 6.07) is 9.36. The number of hydrogen-bond acceptors (Lipinski definition) is 3. The third-order valence-electron chi connectivity index (χ3n) is 5.46. The highest BCUT2D eigenvalue weighted by molar-refractivity contribution is 5.31. The zero-order valence-corrected chi connectivity index (χ0v) is 16.1. The molecule has 2 N–H and O–H groups in total. The van der Waals surface area contributed by atoms with Crippen LogP contribution in [0, 0.1) is 17.5 Å². The minimum Gasteiger partial charge on any atom is -0.497 e. The first-order valence-corrected chi connectivity index (χ1v) is 9.71. The summed E-state index contributed by atoms with van der Waals surface area (Å²) in [5.41, 5.74) is 7.54. The molecule has 1 aliphatic heterocycles. The summed E-state index contributed by atoms with van der Waals surface area (Å²) in [6.45, 7) is 2.75. The number of piperidine rings is 1. The topological polar surface area (TPSA) is 38.5 Å². The highest BCUT2D eigenvalue weighted by Gasteiger charge is 2.22. The number of nitrogens with two attached hydrogens (primary N) is 1. The molecule has 0 aliphatic carbocycles. The Hall–Kier alpha value is -2.05. The predicted octanol–water partition coefficient (Wildman–Crippen LogP) is 4.25. The van der Waals surface area contributed by atoms with Crippen LogP contribution in [-0.4, -0.2) is 37.7 Å². The van der Waals surface area contributed by atoms with Gasteiger partial charge in [0.15, 0.2) is 11.6 Å². The van der Waals surface area contributed by atoms with Gasteiger partial charge in [-0.3, -0.25) is 0 Å². The summed E-state index contributed by atoms with van der Waals surface area (Å²) in [6.07, 6.45) is 3.10. The van der Waals surface area contributed by atoms with Gasteiger partial charge >= 0.3 is 0 Å². The second-order valence-corrected chi connectivity index (χ2v) is 7.53. The number of benzene rings is 2. The molecule has 6 heteroatoms. The molecule has 0 amide bonds. The lowest BCUT2D eigenvalue weighted by Crippen LogP contribution is -2.38. The van der Waals surface area contributed by atoms with Crippen molar-refractivity contribution in [2.24, 2.45) is 5.73 Å². The Morgan fingerprint density at radius 1 is 1.14 bits per heavy atom. The summed E-state index contributed by atoms with van der Waals surface area (Å²) >= 11 is 0. The minimum absolute atomic E-state index is 0.124. The second kappa shape index (κ2) is 9.43. The molecule has 2 aromatic carbocycles. The summed E-state index contributed by atoms with van der Waals surface area (Å²) in [4.78, 5) is 2.37. The van der Waals surface area contributed by atoms with E-state index in [-0.39, 0.29) is 18.0 Å². The Bertz CT molecular complexity index is 799. The van der Waals surface area contributed by atoms with Crippen LogP contribution >= 0.6 is 0 Å². The number of halogens is 3. The first kappa shape index (κ1) is 20.7. The van der Waals surface area contributed by atoms with Crippen LogP contribution in [0.25, 0.3) is 0 Å². The summed E-state index contributed by atoms with van der Waals surface area (Å²) in [5.74, 6) is -1.65. The number of nitrogens with zero attached hydrogens (tertiary/aromatic N) is 1. The van der Waals surface area contributed by atoms with E-state index in [0.717, 1.165) is 44.3 Å². The highest BCUT2D eigenvalue weighted by Crippen LogP contribution is 2.29. The number of hydrogen-bond donors (Lipinski definition) is 1. The van der Waals surface area contributed by atoms with E-state index in [9.17, 15) is 13.2 Å². The van der Waals surface area contributed by atoms with Gasteiger partial charge < -0.3 is 15.4 Å². The van der Waals surface area contributed by atoms with E-state index in [1.165, 1.54) is 5.56 Å². The fraction of sp³-hybridized carbons (Fsp3) is 0.455. The van der Waals surface area contributed by atoms with Crippen molar-refractivity contribution < 1.29 is 17.9 Å². The van der Waals surface area contributed by atoms with E-state index in [2.05, 4.69) is 17.0 Å². The van der Waals surface area contributed by atoms with Crippen LogP contribution in [0.2, 0.25) is 0 Å². The maximum absolute atomic E-state index is 13.8. The van der Waals surface area contributed by atoms with Gasteiger partial charge in [0.2, 0.25) is 0 Å². The molecule has 152 valence electrons. The normalized spacial score (nSPS) is 18.8. The lowest BCUT2D eigenvalue weighted by atomic mass is 9.90. The van der Waals surface area contributed by atoms with E-state index >= 15 is 0 Å². The quantitative estimate of drug-likeness (QED) is 0.716. The number of rotatable bonds is 7. The summed E-state index contributed by atoms with van der Waals surface area (Å²) < 4.78 is 45.5. The van der Waals surface area contributed by atoms with Gasteiger partial charge in [0.1, 0.15) is 11.6 Å². The first-order chi connectivity index (χ1) is 13.5. The molecule has 2 unspecified atom stereocenters. The largest absolute Gasteiger partial charge is 0.497 e. The van der Waals surface area contributed by atoms with Gasteiger partial charge in [-0.1, -0.05) is 12.1 Å². The molecule has 1 heterocycles. The van der Waals surface area contributed by atoms with Gasteiger partial charge in [-0.2, -0.15) is 0 Å². The van der Waals surface area contributed by atoms with E-state index in [1.54, 1.807) is 7.11 Å². The van der Waals surface area contributed by atoms with Crippen LogP contribution in [0.1, 0.15) is 36.3 Å². The van der Waals surface area contributed by atoms with Crippen molar-refractivity contribution in [2.75, 3.05) is 26.7 Å². The molecule has 2 aromatic rings. The molecule has 3 rings (SSSR count). The summed E-state index contributed by atoms with van der Waals surface area (Å²) in [7, 11) is 1.67. The Morgan fingerprint density at radius 2 is 1.93 bits per heavy atom. The van der Waals surface area contributed by atoms with Crippen molar-refractivity contribution in [3.8, 4) is 5.75 Å². The minimum atomic E-state index is -1.17. The molecular weight excluding hydrogens is 365 g/mol. The Kier molecular flexibility index (Phi) is 6.97. The van der Waals surface area contributed by atoms with E-state index in [4.69, 9.17) is 10.5 Å².